The Labute approximate surface area is 186 Å². The lowest BCUT2D eigenvalue weighted by molar-refractivity contribution is 0.0341. The van der Waals surface area contributed by atoms with Gasteiger partial charge >= 0.3 is 0 Å². The maximum atomic E-state index is 14.7. The summed E-state index contributed by atoms with van der Waals surface area (Å²) in [5, 5.41) is 7.24. The standard InChI is InChI=1S/C25H24FN5O/c1-17-3-2-4-24(29-17)25-21(15-28-30-25)19-6-7-22(26)20(13-19)23-8-5-18(14-27-23)16-31-9-11-32-12-10-31/h2-8,13-15H,9-12,16H2,1H3,(H,28,30). The van der Waals surface area contributed by atoms with Crippen LogP contribution in [0.4, 0.5) is 4.39 Å². The molecule has 4 heterocycles. The van der Waals surface area contributed by atoms with E-state index < -0.39 is 0 Å². The van der Waals surface area contributed by atoms with E-state index in [-0.39, 0.29) is 5.82 Å². The van der Waals surface area contributed by atoms with Crippen LogP contribution in [0.15, 0.2) is 60.9 Å². The van der Waals surface area contributed by atoms with E-state index in [2.05, 4.69) is 25.1 Å². The highest BCUT2D eigenvalue weighted by molar-refractivity contribution is 5.81. The number of pyridine rings is 2. The largest absolute Gasteiger partial charge is 0.379 e. The number of rotatable bonds is 5. The summed E-state index contributed by atoms with van der Waals surface area (Å²) in [7, 11) is 0. The number of H-pyrrole nitrogens is 1. The average Bonchev–Trinajstić information content (AvgIpc) is 3.31. The van der Waals surface area contributed by atoms with Gasteiger partial charge in [-0.2, -0.15) is 5.10 Å². The molecule has 0 atom stereocenters. The van der Waals surface area contributed by atoms with Crippen LogP contribution in [0.2, 0.25) is 0 Å². The number of ether oxygens (including phenoxy) is 1. The van der Waals surface area contributed by atoms with Gasteiger partial charge in [-0.25, -0.2) is 4.39 Å². The molecule has 162 valence electrons. The molecule has 3 aromatic heterocycles. The second kappa shape index (κ2) is 8.98. The van der Waals surface area contributed by atoms with Gasteiger partial charge in [0.05, 0.1) is 36.5 Å². The summed E-state index contributed by atoms with van der Waals surface area (Å²) in [6, 6.07) is 14.8. The molecule has 6 nitrogen and oxygen atoms in total. The zero-order valence-corrected chi connectivity index (χ0v) is 17.9. The highest BCUT2D eigenvalue weighted by Crippen LogP contribution is 2.33. The summed E-state index contributed by atoms with van der Waals surface area (Å²) >= 11 is 0. The van der Waals surface area contributed by atoms with E-state index >= 15 is 0 Å². The number of aromatic amines is 1. The van der Waals surface area contributed by atoms with E-state index in [1.165, 1.54) is 6.07 Å². The van der Waals surface area contributed by atoms with Gasteiger partial charge in [0.15, 0.2) is 0 Å². The van der Waals surface area contributed by atoms with Crippen molar-refractivity contribution in [2.24, 2.45) is 0 Å². The van der Waals surface area contributed by atoms with E-state index in [9.17, 15) is 4.39 Å². The molecule has 1 aromatic carbocycles. The molecular formula is C25H24FN5O. The average molecular weight is 429 g/mol. The Morgan fingerprint density at radius 2 is 1.88 bits per heavy atom. The molecule has 32 heavy (non-hydrogen) atoms. The third kappa shape index (κ3) is 4.30. The number of benzene rings is 1. The van der Waals surface area contributed by atoms with Gasteiger partial charge in [-0.1, -0.05) is 18.2 Å². The van der Waals surface area contributed by atoms with Gasteiger partial charge in [0.25, 0.3) is 0 Å². The minimum absolute atomic E-state index is 0.305. The molecule has 5 rings (SSSR count). The number of aryl methyl sites for hydroxylation is 1. The van der Waals surface area contributed by atoms with E-state index in [1.807, 2.05) is 49.5 Å². The summed E-state index contributed by atoms with van der Waals surface area (Å²) < 4.78 is 20.2. The van der Waals surface area contributed by atoms with Crippen molar-refractivity contribution in [1.29, 1.82) is 0 Å². The van der Waals surface area contributed by atoms with Crippen molar-refractivity contribution in [2.45, 2.75) is 13.5 Å². The zero-order chi connectivity index (χ0) is 21.9. The van der Waals surface area contributed by atoms with Crippen LogP contribution in [-0.2, 0) is 11.3 Å². The topological polar surface area (TPSA) is 66.9 Å². The van der Waals surface area contributed by atoms with Crippen molar-refractivity contribution in [3.8, 4) is 33.8 Å². The van der Waals surface area contributed by atoms with Crippen molar-refractivity contribution < 1.29 is 9.13 Å². The quantitative estimate of drug-likeness (QED) is 0.507. The number of morpholine rings is 1. The first kappa shape index (κ1) is 20.5. The summed E-state index contributed by atoms with van der Waals surface area (Å²) in [6.07, 6.45) is 3.58. The molecule has 1 N–H and O–H groups in total. The monoisotopic (exact) mass is 429 g/mol. The van der Waals surface area contributed by atoms with E-state index in [4.69, 9.17) is 4.74 Å². The Balaban J connectivity index is 1.43. The van der Waals surface area contributed by atoms with E-state index in [0.29, 0.717) is 11.3 Å². The van der Waals surface area contributed by atoms with Gasteiger partial charge in [0.1, 0.15) is 5.82 Å². The summed E-state index contributed by atoms with van der Waals surface area (Å²) in [5.74, 6) is -0.305. The Hall–Kier alpha value is -3.42. The Morgan fingerprint density at radius 1 is 1.00 bits per heavy atom. The van der Waals surface area contributed by atoms with Crippen LogP contribution in [0.25, 0.3) is 33.8 Å². The number of aromatic nitrogens is 4. The van der Waals surface area contributed by atoms with Gasteiger partial charge in [0, 0.05) is 42.7 Å². The van der Waals surface area contributed by atoms with E-state index in [1.54, 1.807) is 12.3 Å². The molecular weight excluding hydrogens is 405 g/mol. The normalized spacial score (nSPS) is 14.6. The molecule has 7 heteroatoms. The number of hydrogen-bond donors (Lipinski definition) is 1. The highest BCUT2D eigenvalue weighted by Gasteiger charge is 2.15. The van der Waals surface area contributed by atoms with Crippen LogP contribution in [0.3, 0.4) is 0 Å². The fourth-order valence-corrected chi connectivity index (χ4v) is 3.97. The molecule has 0 bridgehead atoms. The molecule has 1 fully saturated rings. The Bertz CT molecular complexity index is 1220. The van der Waals surface area contributed by atoms with Crippen LogP contribution in [0, 0.1) is 12.7 Å². The van der Waals surface area contributed by atoms with Gasteiger partial charge in [-0.3, -0.25) is 20.0 Å². The van der Waals surface area contributed by atoms with Crippen molar-refractivity contribution in [1.82, 2.24) is 25.1 Å². The predicted molar refractivity (Wildman–Crippen MR) is 121 cm³/mol. The van der Waals surface area contributed by atoms with Crippen LogP contribution < -0.4 is 0 Å². The number of hydrogen-bond acceptors (Lipinski definition) is 5. The SMILES string of the molecule is Cc1cccc(-c2[nH]ncc2-c2ccc(F)c(-c3ccc(CN4CCOCC4)cn3)c2)n1. The van der Waals surface area contributed by atoms with Crippen molar-refractivity contribution in [3.63, 3.8) is 0 Å². The minimum atomic E-state index is -0.305. The van der Waals surface area contributed by atoms with Crippen molar-refractivity contribution >= 4 is 0 Å². The first-order valence-corrected chi connectivity index (χ1v) is 10.7. The fraction of sp³-hybridized carbons (Fsp3) is 0.240. The summed E-state index contributed by atoms with van der Waals surface area (Å²) in [6.45, 7) is 6.13. The number of halogens is 1. The molecule has 0 unspecified atom stereocenters. The van der Waals surface area contributed by atoms with Crippen LogP contribution in [0.5, 0.6) is 0 Å². The molecule has 0 spiro atoms. The lowest BCUT2D eigenvalue weighted by atomic mass is 10.00. The maximum absolute atomic E-state index is 14.7. The zero-order valence-electron chi connectivity index (χ0n) is 17.9. The third-order valence-corrected chi connectivity index (χ3v) is 5.67. The predicted octanol–water partition coefficient (Wildman–Crippen LogP) is 4.48. The smallest absolute Gasteiger partial charge is 0.132 e. The molecule has 1 saturated heterocycles. The highest BCUT2D eigenvalue weighted by atomic mass is 19.1. The van der Waals surface area contributed by atoms with Crippen molar-refractivity contribution in [2.75, 3.05) is 26.3 Å². The molecule has 0 aliphatic carbocycles. The van der Waals surface area contributed by atoms with Crippen LogP contribution >= 0.6 is 0 Å². The number of nitrogens with one attached hydrogen (secondary N) is 1. The molecule has 0 saturated carbocycles. The first-order chi connectivity index (χ1) is 15.7. The fourth-order valence-electron chi connectivity index (χ4n) is 3.97. The molecule has 0 radical (unpaired) electrons. The second-order valence-electron chi connectivity index (χ2n) is 7.96. The Kier molecular flexibility index (Phi) is 5.75. The third-order valence-electron chi connectivity index (χ3n) is 5.67. The van der Waals surface area contributed by atoms with Crippen LogP contribution in [0.1, 0.15) is 11.3 Å². The Morgan fingerprint density at radius 3 is 2.66 bits per heavy atom. The van der Waals surface area contributed by atoms with Gasteiger partial charge < -0.3 is 4.74 Å². The minimum Gasteiger partial charge on any atom is -0.379 e. The van der Waals surface area contributed by atoms with Crippen LogP contribution in [-0.4, -0.2) is 51.4 Å². The molecule has 1 aliphatic heterocycles. The van der Waals surface area contributed by atoms with E-state index in [0.717, 1.165) is 66.6 Å². The first-order valence-electron chi connectivity index (χ1n) is 10.7. The lowest BCUT2D eigenvalue weighted by Gasteiger charge is -2.26. The number of nitrogens with zero attached hydrogens (tertiary/aromatic N) is 4. The molecule has 1 aliphatic rings. The van der Waals surface area contributed by atoms with Gasteiger partial charge in [0.2, 0.25) is 0 Å². The summed E-state index contributed by atoms with van der Waals surface area (Å²) in [4.78, 5) is 11.5. The lowest BCUT2D eigenvalue weighted by Crippen LogP contribution is -2.35. The molecule has 4 aromatic rings. The molecule has 0 amide bonds. The van der Waals surface area contributed by atoms with Crippen molar-refractivity contribution in [3.05, 3.63) is 78.0 Å². The van der Waals surface area contributed by atoms with Gasteiger partial charge in [-0.15, -0.1) is 0 Å². The summed E-state index contributed by atoms with van der Waals surface area (Å²) in [5.41, 5.74) is 6.42. The van der Waals surface area contributed by atoms with Gasteiger partial charge in [-0.05, 0) is 48.4 Å². The second-order valence-corrected chi connectivity index (χ2v) is 7.96. The maximum Gasteiger partial charge on any atom is 0.132 e.